The standard InChI is InChI=1S/C29H40N4O4S/c1-21-18-22(2)28(23(3)19-21)38(36,37)33(26-8-6-5-7-9-26)20-27(34)30-25-12-10-24(11-13-25)29(35)32-16-14-31(4)15-17-32/h10-13,18-19,26H,5-9,14-17,20H2,1-4H3,(H,30,34). The van der Waals surface area contributed by atoms with E-state index < -0.39 is 10.0 Å². The molecule has 1 heterocycles. The molecule has 206 valence electrons. The minimum absolute atomic E-state index is 0.0191. The second-order valence-corrected chi connectivity index (χ2v) is 12.6. The fourth-order valence-electron chi connectivity index (χ4n) is 5.70. The van der Waals surface area contributed by atoms with E-state index in [2.05, 4.69) is 10.2 Å². The first-order valence-electron chi connectivity index (χ1n) is 13.5. The van der Waals surface area contributed by atoms with E-state index in [1.54, 1.807) is 24.3 Å². The van der Waals surface area contributed by atoms with Crippen molar-refractivity contribution < 1.29 is 18.0 Å². The van der Waals surface area contributed by atoms with Crippen molar-refractivity contribution >= 4 is 27.5 Å². The van der Waals surface area contributed by atoms with Crippen LogP contribution >= 0.6 is 0 Å². The molecule has 1 N–H and O–H groups in total. The molecule has 38 heavy (non-hydrogen) atoms. The number of anilines is 1. The Morgan fingerprint density at radius 3 is 2.08 bits per heavy atom. The Kier molecular flexibility index (Phi) is 8.90. The maximum atomic E-state index is 14.0. The van der Waals surface area contributed by atoms with Crippen LogP contribution in [0.2, 0.25) is 0 Å². The fraction of sp³-hybridized carbons (Fsp3) is 0.517. The van der Waals surface area contributed by atoms with Crippen molar-refractivity contribution in [1.82, 2.24) is 14.1 Å². The molecule has 0 spiro atoms. The predicted molar refractivity (Wildman–Crippen MR) is 150 cm³/mol. The molecule has 1 aliphatic heterocycles. The number of sulfonamides is 1. The molecular formula is C29H40N4O4S. The summed E-state index contributed by atoms with van der Waals surface area (Å²) >= 11 is 0. The van der Waals surface area contributed by atoms with E-state index in [0.717, 1.165) is 50.8 Å². The van der Waals surface area contributed by atoms with Crippen molar-refractivity contribution in [3.8, 4) is 0 Å². The van der Waals surface area contributed by atoms with Crippen LogP contribution in [0.15, 0.2) is 41.3 Å². The number of likely N-dealkylation sites (N-methyl/N-ethyl adjacent to an activating group) is 1. The monoisotopic (exact) mass is 540 g/mol. The topological polar surface area (TPSA) is 90.0 Å². The molecular weight excluding hydrogens is 500 g/mol. The van der Waals surface area contributed by atoms with Crippen molar-refractivity contribution in [3.63, 3.8) is 0 Å². The molecule has 2 fully saturated rings. The Morgan fingerprint density at radius 2 is 1.50 bits per heavy atom. The summed E-state index contributed by atoms with van der Waals surface area (Å²) in [7, 11) is -1.84. The number of hydrogen-bond acceptors (Lipinski definition) is 5. The number of carbonyl (C=O) groups is 2. The molecule has 1 saturated carbocycles. The van der Waals surface area contributed by atoms with Crippen LogP contribution in [0.4, 0.5) is 5.69 Å². The van der Waals surface area contributed by atoms with Crippen LogP contribution < -0.4 is 5.32 Å². The summed E-state index contributed by atoms with van der Waals surface area (Å²) in [5, 5.41) is 2.85. The van der Waals surface area contributed by atoms with Crippen molar-refractivity contribution in [2.24, 2.45) is 0 Å². The molecule has 9 heteroatoms. The quantitative estimate of drug-likeness (QED) is 0.574. The average Bonchev–Trinajstić information content (AvgIpc) is 2.87. The molecule has 2 aliphatic rings. The molecule has 4 rings (SSSR count). The van der Waals surface area contributed by atoms with E-state index in [1.807, 2.05) is 44.9 Å². The summed E-state index contributed by atoms with van der Waals surface area (Å²) in [5.74, 6) is -0.408. The van der Waals surface area contributed by atoms with E-state index in [9.17, 15) is 18.0 Å². The number of nitrogens with one attached hydrogen (secondary N) is 1. The third kappa shape index (κ3) is 6.45. The second-order valence-electron chi connectivity index (χ2n) is 10.8. The molecule has 1 aliphatic carbocycles. The Labute approximate surface area is 227 Å². The van der Waals surface area contributed by atoms with Crippen LogP contribution in [-0.2, 0) is 14.8 Å². The van der Waals surface area contributed by atoms with E-state index in [1.165, 1.54) is 4.31 Å². The molecule has 2 amide bonds. The fourth-order valence-corrected chi connectivity index (χ4v) is 7.76. The number of aryl methyl sites for hydroxylation is 3. The summed E-state index contributed by atoms with van der Waals surface area (Å²) in [5.41, 5.74) is 3.52. The van der Waals surface area contributed by atoms with Gasteiger partial charge in [-0.05, 0) is 76.1 Å². The third-order valence-corrected chi connectivity index (χ3v) is 9.86. The summed E-state index contributed by atoms with van der Waals surface area (Å²) in [6.07, 6.45) is 4.48. The first-order chi connectivity index (χ1) is 18.1. The van der Waals surface area contributed by atoms with Gasteiger partial charge in [0.05, 0.1) is 11.4 Å². The van der Waals surface area contributed by atoms with Gasteiger partial charge in [0.1, 0.15) is 0 Å². The van der Waals surface area contributed by atoms with Crippen molar-refractivity contribution in [3.05, 3.63) is 58.7 Å². The lowest BCUT2D eigenvalue weighted by atomic mass is 9.95. The van der Waals surface area contributed by atoms with E-state index in [4.69, 9.17) is 0 Å². The zero-order valence-corrected chi connectivity index (χ0v) is 23.8. The number of nitrogens with zero attached hydrogens (tertiary/aromatic N) is 3. The Bertz CT molecular complexity index is 1240. The summed E-state index contributed by atoms with van der Waals surface area (Å²) < 4.78 is 29.3. The molecule has 2 aromatic rings. The van der Waals surface area contributed by atoms with Crippen LogP contribution in [0.5, 0.6) is 0 Å². The molecule has 2 aromatic carbocycles. The molecule has 0 unspecified atom stereocenters. The van der Waals surface area contributed by atoms with Gasteiger partial charge in [0.25, 0.3) is 5.91 Å². The molecule has 0 bridgehead atoms. The lowest BCUT2D eigenvalue weighted by Gasteiger charge is -2.33. The summed E-state index contributed by atoms with van der Waals surface area (Å²) in [6.45, 7) is 8.42. The van der Waals surface area contributed by atoms with E-state index in [-0.39, 0.29) is 24.4 Å². The number of piperazine rings is 1. The maximum absolute atomic E-state index is 14.0. The highest BCUT2D eigenvalue weighted by atomic mass is 32.2. The third-order valence-electron chi connectivity index (χ3n) is 7.66. The Balaban J connectivity index is 1.49. The zero-order valence-electron chi connectivity index (χ0n) is 23.0. The minimum Gasteiger partial charge on any atom is -0.336 e. The summed E-state index contributed by atoms with van der Waals surface area (Å²) in [6, 6.07) is 10.4. The number of amides is 2. The molecule has 0 radical (unpaired) electrons. The van der Waals surface area contributed by atoms with E-state index >= 15 is 0 Å². The van der Waals surface area contributed by atoms with Crippen molar-refractivity contribution in [2.45, 2.75) is 63.8 Å². The van der Waals surface area contributed by atoms with Crippen molar-refractivity contribution in [2.75, 3.05) is 45.1 Å². The first kappa shape index (κ1) is 28.3. The number of benzene rings is 2. The van der Waals surface area contributed by atoms with Gasteiger partial charge in [-0.15, -0.1) is 0 Å². The highest BCUT2D eigenvalue weighted by molar-refractivity contribution is 7.89. The first-order valence-corrected chi connectivity index (χ1v) is 15.0. The summed E-state index contributed by atoms with van der Waals surface area (Å²) in [4.78, 5) is 30.3. The highest BCUT2D eigenvalue weighted by Gasteiger charge is 2.35. The van der Waals surface area contributed by atoms with Crippen molar-refractivity contribution in [1.29, 1.82) is 0 Å². The molecule has 0 atom stereocenters. The number of rotatable bonds is 7. The van der Waals surface area contributed by atoms with Gasteiger partial charge in [0.2, 0.25) is 15.9 Å². The van der Waals surface area contributed by atoms with Crippen LogP contribution in [0.3, 0.4) is 0 Å². The van der Waals surface area contributed by atoms with Gasteiger partial charge in [-0.1, -0.05) is 37.0 Å². The van der Waals surface area contributed by atoms with Gasteiger partial charge in [0.15, 0.2) is 0 Å². The minimum atomic E-state index is -3.88. The van der Waals surface area contributed by atoms with Gasteiger partial charge in [-0.2, -0.15) is 4.31 Å². The van der Waals surface area contributed by atoms with Crippen LogP contribution in [0, 0.1) is 20.8 Å². The molecule has 1 saturated heterocycles. The lowest BCUT2D eigenvalue weighted by molar-refractivity contribution is -0.116. The SMILES string of the molecule is Cc1cc(C)c(S(=O)(=O)N(CC(=O)Nc2ccc(C(=O)N3CCN(C)CC3)cc2)C2CCCCC2)c(C)c1. The number of carbonyl (C=O) groups excluding carboxylic acids is 2. The average molecular weight is 541 g/mol. The highest BCUT2D eigenvalue weighted by Crippen LogP contribution is 2.31. The largest absolute Gasteiger partial charge is 0.336 e. The molecule has 0 aromatic heterocycles. The van der Waals surface area contributed by atoms with Gasteiger partial charge >= 0.3 is 0 Å². The number of hydrogen-bond donors (Lipinski definition) is 1. The van der Waals surface area contributed by atoms with Crippen LogP contribution in [0.25, 0.3) is 0 Å². The predicted octanol–water partition coefficient (Wildman–Crippen LogP) is 3.96. The smallest absolute Gasteiger partial charge is 0.253 e. The normalized spacial score (nSPS) is 17.6. The van der Waals surface area contributed by atoms with Crippen LogP contribution in [0.1, 0.15) is 59.2 Å². The zero-order chi connectivity index (χ0) is 27.4. The Hall–Kier alpha value is -2.75. The van der Waals surface area contributed by atoms with Crippen LogP contribution in [-0.4, -0.2) is 80.2 Å². The lowest BCUT2D eigenvalue weighted by Crippen LogP contribution is -2.47. The van der Waals surface area contributed by atoms with Gasteiger partial charge in [0, 0.05) is 43.5 Å². The van der Waals surface area contributed by atoms with Gasteiger partial charge in [-0.25, -0.2) is 8.42 Å². The van der Waals surface area contributed by atoms with E-state index in [0.29, 0.717) is 40.4 Å². The van der Waals surface area contributed by atoms with Gasteiger partial charge < -0.3 is 15.1 Å². The maximum Gasteiger partial charge on any atom is 0.253 e. The Morgan fingerprint density at radius 1 is 0.921 bits per heavy atom. The molecule has 8 nitrogen and oxygen atoms in total. The van der Waals surface area contributed by atoms with Gasteiger partial charge in [-0.3, -0.25) is 9.59 Å². The second kappa shape index (κ2) is 12.0.